The lowest BCUT2D eigenvalue weighted by molar-refractivity contribution is 0.134. The third kappa shape index (κ3) is 3.90. The minimum Gasteiger partial charge on any atom is -0.391 e. The van der Waals surface area contributed by atoms with Crippen LogP contribution in [0.5, 0.6) is 0 Å². The van der Waals surface area contributed by atoms with Gasteiger partial charge in [0.1, 0.15) is 5.69 Å². The number of H-pyrrole nitrogens is 1. The largest absolute Gasteiger partial charge is 0.391 e. The number of hydrogen-bond donors (Lipinski definition) is 3. The summed E-state index contributed by atoms with van der Waals surface area (Å²) in [5, 5.41) is 2.99. The maximum Gasteiger partial charge on any atom is 0.276 e. The molecule has 0 saturated carbocycles. The molecule has 0 saturated heterocycles. The summed E-state index contributed by atoms with van der Waals surface area (Å²) in [6, 6.07) is 0. The SMILES string of the molecule is CCCOCCCNc1nc[nH]c(=O)c1N. The van der Waals surface area contributed by atoms with Gasteiger partial charge in [0.2, 0.25) is 0 Å². The number of nitrogens with one attached hydrogen (secondary N) is 2. The van der Waals surface area contributed by atoms with E-state index in [2.05, 4.69) is 22.2 Å². The van der Waals surface area contributed by atoms with Crippen molar-refractivity contribution in [3.8, 4) is 0 Å². The summed E-state index contributed by atoms with van der Waals surface area (Å²) in [6.45, 7) is 4.23. The molecule has 0 radical (unpaired) electrons. The Kier molecular flexibility index (Phi) is 5.35. The minimum absolute atomic E-state index is 0.122. The second-order valence-corrected chi connectivity index (χ2v) is 3.39. The van der Waals surface area contributed by atoms with Crippen LogP contribution in [0, 0.1) is 0 Å². The third-order valence-corrected chi connectivity index (χ3v) is 2.00. The molecule has 0 aliphatic rings. The molecule has 0 aliphatic carbocycles. The van der Waals surface area contributed by atoms with Gasteiger partial charge in [-0.05, 0) is 12.8 Å². The molecule has 16 heavy (non-hydrogen) atoms. The standard InChI is InChI=1S/C10H18N4O2/c1-2-5-16-6-3-4-12-9-8(11)10(15)14-7-13-9/h7H,2-6,11H2,1H3,(H2,12,13,14,15). The van der Waals surface area contributed by atoms with Gasteiger partial charge in [0.15, 0.2) is 5.82 Å². The maximum absolute atomic E-state index is 11.1. The molecule has 0 atom stereocenters. The van der Waals surface area contributed by atoms with Crippen molar-refractivity contribution < 1.29 is 4.74 Å². The van der Waals surface area contributed by atoms with Crippen LogP contribution in [0.3, 0.4) is 0 Å². The van der Waals surface area contributed by atoms with Crippen LogP contribution in [0.15, 0.2) is 11.1 Å². The number of anilines is 2. The molecule has 1 aromatic heterocycles. The van der Waals surface area contributed by atoms with E-state index in [-0.39, 0.29) is 11.2 Å². The molecule has 0 aromatic carbocycles. The van der Waals surface area contributed by atoms with E-state index in [1.54, 1.807) is 0 Å². The molecule has 1 rings (SSSR count). The van der Waals surface area contributed by atoms with Gasteiger partial charge in [0.25, 0.3) is 5.56 Å². The smallest absolute Gasteiger partial charge is 0.276 e. The number of nitrogens with two attached hydrogens (primary N) is 1. The van der Waals surface area contributed by atoms with Gasteiger partial charge in [-0.15, -0.1) is 0 Å². The van der Waals surface area contributed by atoms with E-state index >= 15 is 0 Å². The van der Waals surface area contributed by atoms with E-state index in [9.17, 15) is 4.79 Å². The second-order valence-electron chi connectivity index (χ2n) is 3.39. The number of nitrogen functional groups attached to an aromatic ring is 1. The van der Waals surface area contributed by atoms with Crippen molar-refractivity contribution in [2.24, 2.45) is 0 Å². The van der Waals surface area contributed by atoms with Gasteiger partial charge in [0.05, 0.1) is 6.33 Å². The zero-order valence-electron chi connectivity index (χ0n) is 9.45. The topological polar surface area (TPSA) is 93.0 Å². The third-order valence-electron chi connectivity index (χ3n) is 2.00. The van der Waals surface area contributed by atoms with Gasteiger partial charge < -0.3 is 20.8 Å². The van der Waals surface area contributed by atoms with Crippen LogP contribution in [0.4, 0.5) is 11.5 Å². The van der Waals surface area contributed by atoms with Crippen molar-refractivity contribution >= 4 is 11.5 Å². The molecule has 0 fully saturated rings. The Labute approximate surface area is 94.2 Å². The molecule has 90 valence electrons. The van der Waals surface area contributed by atoms with Crippen LogP contribution in [0.2, 0.25) is 0 Å². The summed E-state index contributed by atoms with van der Waals surface area (Å²) >= 11 is 0. The first kappa shape index (κ1) is 12.5. The average molecular weight is 226 g/mol. The van der Waals surface area contributed by atoms with Crippen molar-refractivity contribution in [3.63, 3.8) is 0 Å². The van der Waals surface area contributed by atoms with E-state index < -0.39 is 0 Å². The summed E-state index contributed by atoms with van der Waals surface area (Å²) < 4.78 is 5.32. The van der Waals surface area contributed by atoms with Gasteiger partial charge in [-0.1, -0.05) is 6.92 Å². The fourth-order valence-electron chi connectivity index (χ4n) is 1.18. The number of aromatic amines is 1. The lowest BCUT2D eigenvalue weighted by Gasteiger charge is -2.07. The molecule has 0 bridgehead atoms. The molecule has 1 aromatic rings. The van der Waals surface area contributed by atoms with E-state index in [0.29, 0.717) is 19.0 Å². The number of aromatic nitrogens is 2. The highest BCUT2D eigenvalue weighted by Crippen LogP contribution is 2.06. The van der Waals surface area contributed by atoms with Gasteiger partial charge in [0, 0.05) is 19.8 Å². The van der Waals surface area contributed by atoms with Gasteiger partial charge in [-0.2, -0.15) is 0 Å². The monoisotopic (exact) mass is 226 g/mol. The summed E-state index contributed by atoms with van der Waals surface area (Å²) in [4.78, 5) is 17.5. The van der Waals surface area contributed by atoms with E-state index in [1.165, 1.54) is 6.33 Å². The molecular formula is C10H18N4O2. The molecule has 0 spiro atoms. The number of rotatable bonds is 7. The van der Waals surface area contributed by atoms with Crippen LogP contribution in [0.25, 0.3) is 0 Å². The fourth-order valence-corrected chi connectivity index (χ4v) is 1.18. The lowest BCUT2D eigenvalue weighted by atomic mass is 10.4. The highest BCUT2D eigenvalue weighted by atomic mass is 16.5. The average Bonchev–Trinajstić information content (AvgIpc) is 2.29. The molecule has 4 N–H and O–H groups in total. The quantitative estimate of drug-likeness (QED) is 0.591. The Bertz CT molecular complexity index is 364. The van der Waals surface area contributed by atoms with Crippen LogP contribution >= 0.6 is 0 Å². The Balaban J connectivity index is 2.27. The molecule has 1 heterocycles. The Morgan fingerprint density at radius 2 is 2.38 bits per heavy atom. The van der Waals surface area contributed by atoms with Crippen LogP contribution in [-0.2, 0) is 4.74 Å². The molecule has 6 nitrogen and oxygen atoms in total. The summed E-state index contributed by atoms with van der Waals surface area (Å²) in [7, 11) is 0. The summed E-state index contributed by atoms with van der Waals surface area (Å²) in [6.07, 6.45) is 3.21. The Hall–Kier alpha value is -1.56. The molecule has 0 amide bonds. The van der Waals surface area contributed by atoms with Gasteiger partial charge in [-0.25, -0.2) is 4.98 Å². The van der Waals surface area contributed by atoms with Crippen LogP contribution in [-0.4, -0.2) is 29.7 Å². The zero-order valence-corrected chi connectivity index (χ0v) is 9.45. The van der Waals surface area contributed by atoms with E-state index in [0.717, 1.165) is 19.4 Å². The van der Waals surface area contributed by atoms with Gasteiger partial charge in [-0.3, -0.25) is 4.79 Å². The Morgan fingerprint density at radius 3 is 3.12 bits per heavy atom. The zero-order chi connectivity index (χ0) is 11.8. The Morgan fingerprint density at radius 1 is 1.56 bits per heavy atom. The highest BCUT2D eigenvalue weighted by Gasteiger charge is 2.02. The number of nitrogens with zero attached hydrogens (tertiary/aromatic N) is 1. The second kappa shape index (κ2) is 6.84. The maximum atomic E-state index is 11.1. The lowest BCUT2D eigenvalue weighted by Crippen LogP contribution is -2.17. The molecular weight excluding hydrogens is 208 g/mol. The first-order chi connectivity index (χ1) is 7.75. The van der Waals surface area contributed by atoms with Crippen LogP contribution in [0.1, 0.15) is 19.8 Å². The van der Waals surface area contributed by atoms with E-state index in [1.807, 2.05) is 0 Å². The molecule has 0 aliphatic heterocycles. The molecule has 6 heteroatoms. The van der Waals surface area contributed by atoms with Crippen molar-refractivity contribution in [2.45, 2.75) is 19.8 Å². The number of ether oxygens (including phenoxy) is 1. The van der Waals surface area contributed by atoms with Crippen molar-refractivity contribution in [1.29, 1.82) is 0 Å². The van der Waals surface area contributed by atoms with Crippen molar-refractivity contribution in [1.82, 2.24) is 9.97 Å². The van der Waals surface area contributed by atoms with Crippen molar-refractivity contribution in [3.05, 3.63) is 16.7 Å². The summed E-state index contributed by atoms with van der Waals surface area (Å²) in [5.74, 6) is 0.430. The predicted octanol–water partition coefficient (Wildman–Crippen LogP) is 0.581. The minimum atomic E-state index is -0.320. The van der Waals surface area contributed by atoms with Crippen LogP contribution < -0.4 is 16.6 Å². The first-order valence-corrected chi connectivity index (χ1v) is 5.40. The van der Waals surface area contributed by atoms with Gasteiger partial charge >= 0.3 is 0 Å². The number of hydrogen-bond acceptors (Lipinski definition) is 5. The molecule has 0 unspecified atom stereocenters. The fraction of sp³-hybridized carbons (Fsp3) is 0.600. The van der Waals surface area contributed by atoms with E-state index in [4.69, 9.17) is 10.5 Å². The predicted molar refractivity (Wildman–Crippen MR) is 63.5 cm³/mol. The normalized spacial score (nSPS) is 10.3. The summed E-state index contributed by atoms with van der Waals surface area (Å²) in [5.41, 5.74) is 5.35. The van der Waals surface area contributed by atoms with Crippen molar-refractivity contribution in [2.75, 3.05) is 30.8 Å². The first-order valence-electron chi connectivity index (χ1n) is 5.40. The highest BCUT2D eigenvalue weighted by molar-refractivity contribution is 5.58.